The standard InChI is InChI=1S/C16H26N2O2S/c1-13(19-2)15-17-14(12-21-15)11-18-7-3-16(4-8-18)5-9-20-10-6-16/h12-13H,3-11H2,1-2H3. The van der Waals surface area contributed by atoms with Crippen molar-refractivity contribution in [1.82, 2.24) is 9.88 Å². The lowest BCUT2D eigenvalue weighted by Crippen LogP contribution is -2.42. The number of hydrogen-bond donors (Lipinski definition) is 0. The first-order valence-corrected chi connectivity index (χ1v) is 8.86. The molecule has 2 fully saturated rings. The molecule has 3 heterocycles. The molecule has 1 aromatic heterocycles. The van der Waals surface area contributed by atoms with Crippen molar-refractivity contribution in [3.8, 4) is 0 Å². The molecule has 1 spiro atoms. The topological polar surface area (TPSA) is 34.6 Å². The highest BCUT2D eigenvalue weighted by molar-refractivity contribution is 7.09. The van der Waals surface area contributed by atoms with Gasteiger partial charge in [-0.1, -0.05) is 0 Å². The van der Waals surface area contributed by atoms with Crippen molar-refractivity contribution in [3.63, 3.8) is 0 Å². The van der Waals surface area contributed by atoms with Gasteiger partial charge in [-0.3, -0.25) is 4.90 Å². The summed E-state index contributed by atoms with van der Waals surface area (Å²) >= 11 is 1.71. The van der Waals surface area contributed by atoms with Crippen molar-refractivity contribution < 1.29 is 9.47 Å². The second-order valence-electron chi connectivity index (χ2n) is 6.44. The first-order valence-electron chi connectivity index (χ1n) is 7.98. The van der Waals surface area contributed by atoms with E-state index in [1.165, 1.54) is 44.5 Å². The predicted molar refractivity (Wildman–Crippen MR) is 84.5 cm³/mol. The van der Waals surface area contributed by atoms with E-state index in [0.29, 0.717) is 5.41 Å². The summed E-state index contributed by atoms with van der Waals surface area (Å²) in [6, 6.07) is 0. The predicted octanol–water partition coefficient (Wildman–Crippen LogP) is 3.24. The van der Waals surface area contributed by atoms with Crippen LogP contribution in [0.15, 0.2) is 5.38 Å². The van der Waals surface area contributed by atoms with Crippen LogP contribution in [0.3, 0.4) is 0 Å². The lowest BCUT2D eigenvalue weighted by molar-refractivity contribution is -0.0219. The van der Waals surface area contributed by atoms with Crippen molar-refractivity contribution in [2.45, 2.75) is 45.3 Å². The van der Waals surface area contributed by atoms with E-state index in [1.807, 2.05) is 0 Å². The van der Waals surface area contributed by atoms with Gasteiger partial charge in [0.05, 0.1) is 5.69 Å². The Bertz CT molecular complexity index is 447. The summed E-state index contributed by atoms with van der Waals surface area (Å²) < 4.78 is 10.9. The summed E-state index contributed by atoms with van der Waals surface area (Å²) in [5.74, 6) is 0. The van der Waals surface area contributed by atoms with Gasteiger partial charge in [0.25, 0.3) is 0 Å². The molecule has 0 saturated carbocycles. The number of methoxy groups -OCH3 is 1. The minimum absolute atomic E-state index is 0.107. The van der Waals surface area contributed by atoms with E-state index in [2.05, 4.69) is 17.2 Å². The van der Waals surface area contributed by atoms with Gasteiger partial charge < -0.3 is 9.47 Å². The van der Waals surface area contributed by atoms with Gasteiger partial charge in [-0.05, 0) is 51.1 Å². The smallest absolute Gasteiger partial charge is 0.122 e. The normalized spacial score (nSPS) is 24.3. The fourth-order valence-electron chi connectivity index (χ4n) is 3.40. The quantitative estimate of drug-likeness (QED) is 0.855. The van der Waals surface area contributed by atoms with Crippen LogP contribution >= 0.6 is 11.3 Å². The van der Waals surface area contributed by atoms with E-state index in [4.69, 9.17) is 14.5 Å². The zero-order valence-electron chi connectivity index (χ0n) is 13.1. The van der Waals surface area contributed by atoms with Crippen LogP contribution in [0.1, 0.15) is 49.4 Å². The van der Waals surface area contributed by atoms with Gasteiger partial charge in [0, 0.05) is 32.2 Å². The van der Waals surface area contributed by atoms with Crippen molar-refractivity contribution in [2.75, 3.05) is 33.4 Å². The van der Waals surface area contributed by atoms with Crippen molar-refractivity contribution in [3.05, 3.63) is 16.1 Å². The Balaban J connectivity index is 1.52. The van der Waals surface area contributed by atoms with Crippen LogP contribution in [0.5, 0.6) is 0 Å². The highest BCUT2D eigenvalue weighted by Crippen LogP contribution is 2.40. The lowest BCUT2D eigenvalue weighted by Gasteiger charge is -2.44. The van der Waals surface area contributed by atoms with E-state index in [1.54, 1.807) is 18.4 Å². The summed E-state index contributed by atoms with van der Waals surface area (Å²) in [4.78, 5) is 7.26. The molecule has 0 bridgehead atoms. The van der Waals surface area contributed by atoms with Crippen molar-refractivity contribution in [1.29, 1.82) is 0 Å². The molecule has 5 heteroatoms. The third-order valence-corrected chi connectivity index (χ3v) is 6.18. The van der Waals surface area contributed by atoms with Crippen LogP contribution in [0, 0.1) is 5.41 Å². The molecule has 4 nitrogen and oxygen atoms in total. The van der Waals surface area contributed by atoms with Crippen molar-refractivity contribution >= 4 is 11.3 Å². The molecule has 3 rings (SSSR count). The molecule has 0 amide bonds. The molecule has 0 aliphatic carbocycles. The van der Waals surface area contributed by atoms with Gasteiger partial charge in [-0.2, -0.15) is 0 Å². The van der Waals surface area contributed by atoms with E-state index >= 15 is 0 Å². The largest absolute Gasteiger partial charge is 0.381 e. The van der Waals surface area contributed by atoms with Crippen LogP contribution in [0.2, 0.25) is 0 Å². The maximum atomic E-state index is 5.52. The molecule has 118 valence electrons. The van der Waals surface area contributed by atoms with E-state index in [0.717, 1.165) is 24.8 Å². The summed E-state index contributed by atoms with van der Waals surface area (Å²) in [5.41, 5.74) is 1.77. The Morgan fingerprint density at radius 2 is 2.05 bits per heavy atom. The van der Waals surface area contributed by atoms with E-state index < -0.39 is 0 Å². The number of hydrogen-bond acceptors (Lipinski definition) is 5. The fraction of sp³-hybridized carbons (Fsp3) is 0.812. The molecule has 1 unspecified atom stereocenters. The average Bonchev–Trinajstić information content (AvgIpc) is 2.98. The van der Waals surface area contributed by atoms with Crippen LogP contribution < -0.4 is 0 Å². The molecule has 21 heavy (non-hydrogen) atoms. The first kappa shape index (κ1) is 15.4. The Labute approximate surface area is 131 Å². The Hall–Kier alpha value is -0.490. The molecule has 2 saturated heterocycles. The summed E-state index contributed by atoms with van der Waals surface area (Å²) in [7, 11) is 1.74. The molecular formula is C16H26N2O2S. The SMILES string of the molecule is COC(C)c1nc(CN2CCC3(CCOCC3)CC2)cs1. The van der Waals surface area contributed by atoms with Crippen LogP contribution in [-0.4, -0.2) is 43.3 Å². The third kappa shape index (κ3) is 3.65. The highest BCUT2D eigenvalue weighted by atomic mass is 32.1. The molecule has 1 atom stereocenters. The van der Waals surface area contributed by atoms with Crippen LogP contribution in [0.4, 0.5) is 0 Å². The van der Waals surface area contributed by atoms with Crippen LogP contribution in [0.25, 0.3) is 0 Å². The second-order valence-corrected chi connectivity index (χ2v) is 7.33. The summed E-state index contributed by atoms with van der Waals surface area (Å²) in [6.45, 7) is 7.37. The van der Waals surface area contributed by atoms with Gasteiger partial charge in [-0.25, -0.2) is 4.98 Å². The maximum absolute atomic E-state index is 5.52. The number of aromatic nitrogens is 1. The number of piperidine rings is 1. The van der Waals surface area contributed by atoms with Gasteiger partial charge in [-0.15, -0.1) is 11.3 Å². The second kappa shape index (κ2) is 6.73. The minimum Gasteiger partial charge on any atom is -0.381 e. The van der Waals surface area contributed by atoms with E-state index in [9.17, 15) is 0 Å². The minimum atomic E-state index is 0.107. The number of thiazole rings is 1. The summed E-state index contributed by atoms with van der Waals surface area (Å²) in [5, 5.41) is 3.27. The molecule has 0 N–H and O–H groups in total. The lowest BCUT2D eigenvalue weighted by atomic mass is 9.72. The number of rotatable bonds is 4. The number of nitrogens with zero attached hydrogens (tertiary/aromatic N) is 2. The van der Waals surface area contributed by atoms with Crippen LogP contribution in [-0.2, 0) is 16.0 Å². The van der Waals surface area contributed by atoms with Gasteiger partial charge in [0.15, 0.2) is 0 Å². The van der Waals surface area contributed by atoms with Gasteiger partial charge in [0.1, 0.15) is 11.1 Å². The zero-order valence-corrected chi connectivity index (χ0v) is 14.0. The average molecular weight is 310 g/mol. The highest BCUT2D eigenvalue weighted by Gasteiger charge is 2.35. The molecular weight excluding hydrogens is 284 g/mol. The Morgan fingerprint density at radius 1 is 1.33 bits per heavy atom. The van der Waals surface area contributed by atoms with E-state index in [-0.39, 0.29) is 6.10 Å². The fourth-order valence-corrected chi connectivity index (χ4v) is 4.24. The molecule has 2 aliphatic heterocycles. The molecule has 0 radical (unpaired) electrons. The Morgan fingerprint density at radius 3 is 2.71 bits per heavy atom. The monoisotopic (exact) mass is 310 g/mol. The van der Waals surface area contributed by atoms with Crippen molar-refractivity contribution in [2.24, 2.45) is 5.41 Å². The molecule has 2 aliphatic rings. The zero-order chi connectivity index (χ0) is 14.7. The number of ether oxygens (including phenoxy) is 2. The Kier molecular flexibility index (Phi) is 4.94. The maximum Gasteiger partial charge on any atom is 0.122 e. The van der Waals surface area contributed by atoms with Gasteiger partial charge in [0.2, 0.25) is 0 Å². The molecule has 0 aromatic carbocycles. The first-order chi connectivity index (χ1) is 10.2. The number of likely N-dealkylation sites (tertiary alicyclic amines) is 1. The molecule has 1 aromatic rings. The summed E-state index contributed by atoms with van der Waals surface area (Å²) in [6.07, 6.45) is 5.26. The third-order valence-electron chi connectivity index (χ3n) is 5.13. The van der Waals surface area contributed by atoms with Gasteiger partial charge >= 0.3 is 0 Å².